The van der Waals surface area contributed by atoms with Gasteiger partial charge in [0.2, 0.25) is 0 Å². The minimum atomic E-state index is -0.322. The molecule has 0 radical (unpaired) electrons. The summed E-state index contributed by atoms with van der Waals surface area (Å²) in [4.78, 5) is 11.7. The number of benzene rings is 2. The summed E-state index contributed by atoms with van der Waals surface area (Å²) in [6.45, 7) is 0. The lowest BCUT2D eigenvalue weighted by molar-refractivity contribution is 0.0600. The number of fused-ring (bicyclic) bond motifs is 3. The number of allylic oxidation sites excluding steroid dienone is 2. The fraction of sp³-hybridized carbons (Fsp3) is 0.318. The molecule has 0 amide bonds. The zero-order valence-corrected chi connectivity index (χ0v) is 15.7. The van der Waals surface area contributed by atoms with Gasteiger partial charge in [-0.25, -0.2) is 4.79 Å². The second-order valence-corrected chi connectivity index (χ2v) is 6.88. The van der Waals surface area contributed by atoms with Crippen LogP contribution in [0.5, 0.6) is 11.5 Å². The Labute approximate surface area is 158 Å². The number of hydrogen-bond donors (Lipinski definition) is 1. The first-order valence-electron chi connectivity index (χ1n) is 9.03. The molecule has 27 heavy (non-hydrogen) atoms. The third-order valence-corrected chi connectivity index (χ3v) is 5.55. The molecule has 5 heteroatoms. The number of rotatable bonds is 4. The summed E-state index contributed by atoms with van der Waals surface area (Å²) in [5, 5.41) is 3.68. The molecule has 140 valence electrons. The van der Waals surface area contributed by atoms with Crippen LogP contribution >= 0.6 is 0 Å². The van der Waals surface area contributed by atoms with Crippen LogP contribution in [0.2, 0.25) is 0 Å². The lowest BCUT2D eigenvalue weighted by Gasteiger charge is -2.38. The number of methoxy groups -OCH3 is 3. The molecule has 0 bridgehead atoms. The zero-order chi connectivity index (χ0) is 19.0. The minimum absolute atomic E-state index is 0.131. The van der Waals surface area contributed by atoms with E-state index in [9.17, 15) is 4.79 Å². The largest absolute Gasteiger partial charge is 0.497 e. The number of anilines is 1. The van der Waals surface area contributed by atoms with E-state index >= 15 is 0 Å². The maximum Gasteiger partial charge on any atom is 0.337 e. The van der Waals surface area contributed by atoms with Gasteiger partial charge in [0.25, 0.3) is 0 Å². The van der Waals surface area contributed by atoms with Crippen LogP contribution in [-0.4, -0.2) is 27.3 Å². The monoisotopic (exact) mass is 365 g/mol. The van der Waals surface area contributed by atoms with E-state index in [0.717, 1.165) is 29.2 Å². The molecular weight excluding hydrogens is 342 g/mol. The average molecular weight is 365 g/mol. The fourth-order valence-corrected chi connectivity index (χ4v) is 4.19. The zero-order valence-electron chi connectivity index (χ0n) is 15.7. The Morgan fingerprint density at radius 1 is 1.07 bits per heavy atom. The Hall–Kier alpha value is -2.95. The Morgan fingerprint density at radius 3 is 2.52 bits per heavy atom. The molecule has 1 heterocycles. The quantitative estimate of drug-likeness (QED) is 0.646. The van der Waals surface area contributed by atoms with Gasteiger partial charge in [-0.2, -0.15) is 0 Å². The van der Waals surface area contributed by atoms with Crippen molar-refractivity contribution in [3.05, 3.63) is 65.2 Å². The molecule has 1 aliphatic carbocycles. The van der Waals surface area contributed by atoms with Crippen LogP contribution in [0.25, 0.3) is 0 Å². The topological polar surface area (TPSA) is 56.8 Å². The van der Waals surface area contributed by atoms with E-state index in [-0.39, 0.29) is 12.0 Å². The lowest BCUT2D eigenvalue weighted by Crippen LogP contribution is -2.29. The van der Waals surface area contributed by atoms with E-state index < -0.39 is 0 Å². The van der Waals surface area contributed by atoms with Crippen LogP contribution in [0.15, 0.2) is 48.6 Å². The highest BCUT2D eigenvalue weighted by Gasteiger charge is 2.39. The lowest BCUT2D eigenvalue weighted by atomic mass is 9.76. The van der Waals surface area contributed by atoms with Crippen LogP contribution in [0.3, 0.4) is 0 Å². The van der Waals surface area contributed by atoms with Crippen molar-refractivity contribution < 1.29 is 19.0 Å². The van der Waals surface area contributed by atoms with E-state index in [1.165, 1.54) is 12.7 Å². The first kappa shape index (κ1) is 17.5. The molecule has 2 aliphatic rings. The van der Waals surface area contributed by atoms with Gasteiger partial charge in [-0.15, -0.1) is 0 Å². The van der Waals surface area contributed by atoms with Gasteiger partial charge in [0, 0.05) is 12.0 Å². The molecule has 0 unspecified atom stereocenters. The number of esters is 1. The Morgan fingerprint density at radius 2 is 1.85 bits per heavy atom. The molecule has 5 nitrogen and oxygen atoms in total. The summed E-state index contributed by atoms with van der Waals surface area (Å²) < 4.78 is 15.9. The smallest absolute Gasteiger partial charge is 0.337 e. The highest BCUT2D eigenvalue weighted by molar-refractivity contribution is 5.89. The van der Waals surface area contributed by atoms with Gasteiger partial charge in [0.15, 0.2) is 0 Å². The molecule has 2 aromatic carbocycles. The maximum atomic E-state index is 11.7. The number of hydrogen-bond acceptors (Lipinski definition) is 5. The summed E-state index contributed by atoms with van der Waals surface area (Å²) >= 11 is 0. The van der Waals surface area contributed by atoms with Crippen molar-refractivity contribution in [1.82, 2.24) is 0 Å². The molecule has 3 atom stereocenters. The van der Waals surface area contributed by atoms with Crippen molar-refractivity contribution in [3.8, 4) is 11.5 Å². The van der Waals surface area contributed by atoms with E-state index in [4.69, 9.17) is 14.2 Å². The number of nitrogens with one attached hydrogen (secondary N) is 1. The Kier molecular flexibility index (Phi) is 4.52. The third kappa shape index (κ3) is 2.93. The van der Waals surface area contributed by atoms with E-state index in [0.29, 0.717) is 17.4 Å². The minimum Gasteiger partial charge on any atom is -0.497 e. The second kappa shape index (κ2) is 6.99. The standard InChI is InChI=1S/C22H23NO4/c1-25-15-11-18-16-5-4-6-17(16)20(23-21(18)19(12-15)26-2)13-7-9-14(10-8-13)22(24)27-3/h4-5,7-12,16-17,20,23H,6H2,1-3H3/t16-,17-,20-/m1/s1. The second-order valence-electron chi connectivity index (χ2n) is 6.88. The van der Waals surface area contributed by atoms with Crippen molar-refractivity contribution in [2.24, 2.45) is 5.92 Å². The molecule has 0 fully saturated rings. The highest BCUT2D eigenvalue weighted by atomic mass is 16.5. The van der Waals surface area contributed by atoms with Crippen molar-refractivity contribution in [2.45, 2.75) is 18.4 Å². The normalized spacial score (nSPS) is 22.4. The van der Waals surface area contributed by atoms with Crippen molar-refractivity contribution in [1.29, 1.82) is 0 Å². The predicted octanol–water partition coefficient (Wildman–Crippen LogP) is 4.32. The Bertz CT molecular complexity index is 888. The molecule has 1 aliphatic heterocycles. The maximum absolute atomic E-state index is 11.7. The van der Waals surface area contributed by atoms with Crippen molar-refractivity contribution >= 4 is 11.7 Å². The average Bonchev–Trinajstić information content (AvgIpc) is 3.22. The molecule has 0 aromatic heterocycles. The van der Waals surface area contributed by atoms with Gasteiger partial charge < -0.3 is 19.5 Å². The van der Waals surface area contributed by atoms with Gasteiger partial charge in [-0.05, 0) is 41.7 Å². The summed E-state index contributed by atoms with van der Waals surface area (Å²) in [7, 11) is 4.74. The summed E-state index contributed by atoms with van der Waals surface area (Å²) in [6.07, 6.45) is 5.52. The third-order valence-electron chi connectivity index (χ3n) is 5.55. The molecule has 2 aromatic rings. The molecule has 1 N–H and O–H groups in total. The van der Waals surface area contributed by atoms with Gasteiger partial charge in [-0.1, -0.05) is 24.3 Å². The molecule has 4 rings (SSSR count). The van der Waals surface area contributed by atoms with E-state index in [1.807, 2.05) is 30.3 Å². The van der Waals surface area contributed by atoms with Crippen LogP contribution in [0.4, 0.5) is 5.69 Å². The Balaban J connectivity index is 1.74. The predicted molar refractivity (Wildman–Crippen MR) is 104 cm³/mol. The van der Waals surface area contributed by atoms with Crippen molar-refractivity contribution in [3.63, 3.8) is 0 Å². The van der Waals surface area contributed by atoms with Crippen LogP contribution in [-0.2, 0) is 4.74 Å². The fourth-order valence-electron chi connectivity index (χ4n) is 4.19. The van der Waals surface area contributed by atoms with Crippen LogP contribution in [0.1, 0.15) is 39.9 Å². The van der Waals surface area contributed by atoms with Gasteiger partial charge in [0.1, 0.15) is 11.5 Å². The molecule has 0 saturated heterocycles. The van der Waals surface area contributed by atoms with Gasteiger partial charge in [-0.3, -0.25) is 0 Å². The SMILES string of the molecule is COC(=O)c1ccc([C@H]2Nc3c(OC)cc(OC)cc3[C@@H]3C=CC[C@@H]23)cc1. The number of carbonyl (C=O) groups is 1. The van der Waals surface area contributed by atoms with E-state index in [1.54, 1.807) is 14.2 Å². The van der Waals surface area contributed by atoms with Crippen LogP contribution in [0, 0.1) is 5.92 Å². The first-order chi connectivity index (χ1) is 13.2. The summed E-state index contributed by atoms with van der Waals surface area (Å²) in [5.41, 5.74) is 3.91. The van der Waals surface area contributed by atoms with E-state index in [2.05, 4.69) is 23.5 Å². The number of ether oxygens (including phenoxy) is 3. The van der Waals surface area contributed by atoms with Crippen LogP contribution < -0.4 is 14.8 Å². The molecular formula is C22H23NO4. The number of carbonyl (C=O) groups excluding carboxylic acids is 1. The van der Waals surface area contributed by atoms with Gasteiger partial charge >= 0.3 is 5.97 Å². The molecule has 0 spiro atoms. The van der Waals surface area contributed by atoms with Gasteiger partial charge in [0.05, 0.1) is 38.6 Å². The highest BCUT2D eigenvalue weighted by Crippen LogP contribution is 2.53. The summed E-state index contributed by atoms with van der Waals surface area (Å²) in [5.74, 6) is 1.96. The molecule has 0 saturated carbocycles. The van der Waals surface area contributed by atoms with Crippen molar-refractivity contribution in [2.75, 3.05) is 26.6 Å². The first-order valence-corrected chi connectivity index (χ1v) is 9.03. The summed E-state index contributed by atoms with van der Waals surface area (Å²) in [6, 6.07) is 11.8.